The Morgan fingerprint density at radius 2 is 1.62 bits per heavy atom. The van der Waals surface area contributed by atoms with Crippen LogP contribution >= 0.6 is 15.9 Å². The molecule has 0 bridgehead atoms. The highest BCUT2D eigenvalue weighted by Gasteiger charge is 2.29. The van der Waals surface area contributed by atoms with E-state index in [0.717, 1.165) is 22.3 Å². The van der Waals surface area contributed by atoms with Crippen LogP contribution in [-0.4, -0.2) is 35.7 Å². The van der Waals surface area contributed by atoms with Gasteiger partial charge in [0.25, 0.3) is 0 Å². The monoisotopic (exact) mass is 522 g/mol. The molecule has 0 saturated heterocycles. The molecule has 0 radical (unpaired) electrons. The van der Waals surface area contributed by atoms with Gasteiger partial charge in [0.05, 0.1) is 5.56 Å². The number of fused-ring (bicyclic) bond motifs is 3. The van der Waals surface area contributed by atoms with Gasteiger partial charge in [-0.15, -0.1) is 0 Å². The van der Waals surface area contributed by atoms with E-state index in [9.17, 15) is 19.5 Å². The number of benzene rings is 3. The molecule has 174 valence electrons. The number of hydrogen-bond donors (Lipinski definition) is 3. The summed E-state index contributed by atoms with van der Waals surface area (Å²) in [6.07, 6.45) is -0.596. The summed E-state index contributed by atoms with van der Waals surface area (Å²) >= 11 is 3.17. The molecule has 0 unspecified atom stereocenters. The van der Waals surface area contributed by atoms with Gasteiger partial charge in [-0.25, -0.2) is 9.59 Å². The van der Waals surface area contributed by atoms with Crippen molar-refractivity contribution in [1.29, 1.82) is 0 Å². The number of ether oxygens (including phenoxy) is 1. The number of anilines is 1. The Bertz CT molecular complexity index is 1210. The van der Waals surface area contributed by atoms with Crippen LogP contribution in [0.25, 0.3) is 11.1 Å². The van der Waals surface area contributed by atoms with Crippen molar-refractivity contribution in [2.75, 3.05) is 11.9 Å². The summed E-state index contributed by atoms with van der Waals surface area (Å²) in [5.74, 6) is -1.50. The fraction of sp³-hybridized carbons (Fsp3) is 0.192. The summed E-state index contributed by atoms with van der Waals surface area (Å²) in [4.78, 5) is 36.0. The average molecular weight is 523 g/mol. The van der Waals surface area contributed by atoms with Gasteiger partial charge < -0.3 is 20.5 Å². The van der Waals surface area contributed by atoms with E-state index < -0.39 is 18.1 Å². The standard InChI is InChI=1S/C26H23BrN2O5/c1-15(12-24(30)29-16-10-11-23(27)21(13-16)25(31)32)28-26(33)34-14-22-19-8-4-2-6-17(19)18-7-3-5-9-20(18)22/h2-11,13,15,22H,12,14H2,1H3,(H,28,33)(H,29,30)(H,31,32)/t15-/m0/s1. The van der Waals surface area contributed by atoms with Crippen LogP contribution in [0.3, 0.4) is 0 Å². The minimum Gasteiger partial charge on any atom is -0.478 e. The topological polar surface area (TPSA) is 105 Å². The summed E-state index contributed by atoms with van der Waals surface area (Å²) in [6, 6.07) is 20.2. The third kappa shape index (κ3) is 5.12. The third-order valence-electron chi connectivity index (χ3n) is 5.68. The van der Waals surface area contributed by atoms with Crippen LogP contribution in [0.5, 0.6) is 0 Å². The van der Waals surface area contributed by atoms with Gasteiger partial charge in [-0.05, 0) is 63.3 Å². The first-order valence-corrected chi connectivity index (χ1v) is 11.6. The van der Waals surface area contributed by atoms with Crippen LogP contribution in [0.15, 0.2) is 71.2 Å². The van der Waals surface area contributed by atoms with Crippen molar-refractivity contribution >= 4 is 39.6 Å². The molecular weight excluding hydrogens is 500 g/mol. The van der Waals surface area contributed by atoms with Crippen molar-refractivity contribution in [3.8, 4) is 11.1 Å². The van der Waals surface area contributed by atoms with E-state index in [1.807, 2.05) is 36.4 Å². The number of amides is 2. The number of rotatable bonds is 7. The summed E-state index contributed by atoms with van der Waals surface area (Å²) < 4.78 is 5.93. The Morgan fingerprint density at radius 1 is 1.00 bits per heavy atom. The van der Waals surface area contributed by atoms with Crippen molar-refractivity contribution < 1.29 is 24.2 Å². The summed E-state index contributed by atoms with van der Waals surface area (Å²) in [6.45, 7) is 1.89. The number of carbonyl (C=O) groups is 3. The number of alkyl carbamates (subject to hydrolysis) is 1. The van der Waals surface area contributed by atoms with E-state index in [-0.39, 0.29) is 30.4 Å². The first-order valence-electron chi connectivity index (χ1n) is 10.8. The quantitative estimate of drug-likeness (QED) is 0.385. The second-order valence-electron chi connectivity index (χ2n) is 8.12. The average Bonchev–Trinajstić information content (AvgIpc) is 3.12. The molecule has 34 heavy (non-hydrogen) atoms. The van der Waals surface area contributed by atoms with E-state index in [0.29, 0.717) is 10.2 Å². The normalized spacial score (nSPS) is 12.9. The molecule has 1 atom stereocenters. The van der Waals surface area contributed by atoms with Crippen molar-refractivity contribution in [2.45, 2.75) is 25.3 Å². The van der Waals surface area contributed by atoms with E-state index in [4.69, 9.17) is 4.74 Å². The highest BCUT2D eigenvalue weighted by atomic mass is 79.9. The second-order valence-corrected chi connectivity index (χ2v) is 8.98. The number of carboxylic acid groups (broad SMARTS) is 1. The number of aromatic carboxylic acids is 1. The van der Waals surface area contributed by atoms with Crippen molar-refractivity contribution in [1.82, 2.24) is 5.32 Å². The van der Waals surface area contributed by atoms with Crippen LogP contribution in [0.1, 0.15) is 40.7 Å². The lowest BCUT2D eigenvalue weighted by Crippen LogP contribution is -2.36. The molecule has 3 aromatic carbocycles. The van der Waals surface area contributed by atoms with Gasteiger partial charge in [0.15, 0.2) is 0 Å². The highest BCUT2D eigenvalue weighted by Crippen LogP contribution is 2.44. The van der Waals surface area contributed by atoms with Gasteiger partial charge in [0.2, 0.25) is 5.91 Å². The van der Waals surface area contributed by atoms with Crippen molar-refractivity contribution in [3.63, 3.8) is 0 Å². The summed E-state index contributed by atoms with van der Waals surface area (Å²) in [5, 5.41) is 14.5. The zero-order valence-corrected chi connectivity index (χ0v) is 20.0. The Kier molecular flexibility index (Phi) is 6.98. The van der Waals surface area contributed by atoms with Gasteiger partial charge in [-0.2, -0.15) is 0 Å². The molecular formula is C26H23BrN2O5. The molecule has 3 aromatic rings. The lowest BCUT2D eigenvalue weighted by Gasteiger charge is -2.17. The molecule has 0 heterocycles. The summed E-state index contributed by atoms with van der Waals surface area (Å²) in [7, 11) is 0. The minimum atomic E-state index is -1.10. The molecule has 7 nitrogen and oxygen atoms in total. The Balaban J connectivity index is 1.30. The highest BCUT2D eigenvalue weighted by molar-refractivity contribution is 9.10. The fourth-order valence-electron chi connectivity index (χ4n) is 4.15. The molecule has 0 fully saturated rings. The lowest BCUT2D eigenvalue weighted by molar-refractivity contribution is -0.116. The molecule has 0 aromatic heterocycles. The maximum atomic E-state index is 12.4. The van der Waals surface area contributed by atoms with Gasteiger partial charge in [0.1, 0.15) is 6.61 Å². The fourth-order valence-corrected chi connectivity index (χ4v) is 4.57. The van der Waals surface area contributed by atoms with Gasteiger partial charge in [-0.1, -0.05) is 48.5 Å². The van der Waals surface area contributed by atoms with E-state index in [2.05, 4.69) is 38.7 Å². The SMILES string of the molecule is C[C@@H](CC(=O)Nc1ccc(Br)c(C(=O)O)c1)NC(=O)OCC1c2ccccc2-c2ccccc21. The van der Waals surface area contributed by atoms with Crippen molar-refractivity contribution in [3.05, 3.63) is 87.9 Å². The van der Waals surface area contributed by atoms with E-state index in [1.165, 1.54) is 6.07 Å². The number of halogens is 1. The maximum Gasteiger partial charge on any atom is 0.407 e. The molecule has 4 rings (SSSR count). The van der Waals surface area contributed by atoms with Crippen LogP contribution in [0.4, 0.5) is 10.5 Å². The van der Waals surface area contributed by atoms with Crippen LogP contribution in [0, 0.1) is 0 Å². The van der Waals surface area contributed by atoms with Crippen molar-refractivity contribution in [2.24, 2.45) is 0 Å². The summed E-state index contributed by atoms with van der Waals surface area (Å²) in [5.41, 5.74) is 4.95. The largest absolute Gasteiger partial charge is 0.478 e. The Hall–Kier alpha value is -3.65. The predicted octanol–water partition coefficient (Wildman–Crippen LogP) is 5.40. The third-order valence-corrected chi connectivity index (χ3v) is 6.37. The molecule has 2 amide bonds. The smallest absolute Gasteiger partial charge is 0.407 e. The van der Waals surface area contributed by atoms with Gasteiger partial charge in [0, 0.05) is 28.5 Å². The van der Waals surface area contributed by atoms with E-state index in [1.54, 1.807) is 19.1 Å². The molecule has 8 heteroatoms. The molecule has 0 saturated carbocycles. The zero-order chi connectivity index (χ0) is 24.2. The molecule has 0 aliphatic heterocycles. The molecule has 0 spiro atoms. The van der Waals surface area contributed by atoms with Crippen LogP contribution in [-0.2, 0) is 9.53 Å². The maximum absolute atomic E-state index is 12.4. The predicted molar refractivity (Wildman–Crippen MR) is 132 cm³/mol. The number of carboxylic acids is 1. The first kappa shape index (κ1) is 23.5. The van der Waals surface area contributed by atoms with Crippen LogP contribution in [0.2, 0.25) is 0 Å². The van der Waals surface area contributed by atoms with E-state index >= 15 is 0 Å². The Labute approximate surface area is 205 Å². The molecule has 1 aliphatic carbocycles. The first-order chi connectivity index (χ1) is 16.3. The van der Waals surface area contributed by atoms with Crippen LogP contribution < -0.4 is 10.6 Å². The number of hydrogen-bond acceptors (Lipinski definition) is 4. The molecule has 3 N–H and O–H groups in total. The Morgan fingerprint density at radius 3 is 2.24 bits per heavy atom. The number of carbonyl (C=O) groups excluding carboxylic acids is 2. The lowest BCUT2D eigenvalue weighted by atomic mass is 9.98. The van der Waals surface area contributed by atoms with Gasteiger partial charge in [-0.3, -0.25) is 4.79 Å². The molecule has 1 aliphatic rings. The zero-order valence-electron chi connectivity index (χ0n) is 18.4. The second kappa shape index (κ2) is 10.1. The minimum absolute atomic E-state index is 0.00264. The number of nitrogens with one attached hydrogen (secondary N) is 2. The van der Waals surface area contributed by atoms with Gasteiger partial charge >= 0.3 is 12.1 Å².